The molecule has 1 rings (SSSR count). The Kier molecular flexibility index (Phi) is 6.48. The lowest BCUT2D eigenvalue weighted by Gasteiger charge is -2.12. The van der Waals surface area contributed by atoms with Crippen molar-refractivity contribution in [2.24, 2.45) is 11.7 Å². The van der Waals surface area contributed by atoms with Crippen LogP contribution in [0.15, 0.2) is 18.2 Å². The third-order valence-electron chi connectivity index (χ3n) is 2.86. The van der Waals surface area contributed by atoms with Crippen LogP contribution in [0.4, 0.5) is 5.69 Å². The van der Waals surface area contributed by atoms with Crippen molar-refractivity contribution in [3.63, 3.8) is 0 Å². The number of rotatable bonds is 7. The smallest absolute Gasteiger partial charge is 0.243 e. The minimum atomic E-state index is -0.345. The third-order valence-corrected chi connectivity index (χ3v) is 2.86. The van der Waals surface area contributed by atoms with E-state index in [1.807, 2.05) is 0 Å². The standard InChI is InChI=1S/C14H21N3O4/c1-9(7-15)14(19)16-8-13(18)17-10-4-11(20-2)6-12(5-10)21-3/h4-6,9H,7-8,15H2,1-3H3,(H,16,19)(H,17,18). The molecule has 0 fully saturated rings. The highest BCUT2D eigenvalue weighted by Gasteiger charge is 2.12. The van der Waals surface area contributed by atoms with Crippen LogP contribution in [0.5, 0.6) is 11.5 Å². The van der Waals surface area contributed by atoms with Crippen LogP contribution >= 0.6 is 0 Å². The molecule has 0 saturated heterocycles. The van der Waals surface area contributed by atoms with E-state index in [1.165, 1.54) is 14.2 Å². The molecule has 0 aromatic heterocycles. The molecule has 0 aliphatic heterocycles. The van der Waals surface area contributed by atoms with Crippen LogP contribution in [-0.4, -0.2) is 39.1 Å². The molecule has 0 aliphatic carbocycles. The van der Waals surface area contributed by atoms with Gasteiger partial charge in [-0.1, -0.05) is 6.92 Å². The van der Waals surface area contributed by atoms with Crippen molar-refractivity contribution in [3.8, 4) is 11.5 Å². The van der Waals surface area contributed by atoms with Gasteiger partial charge in [-0.3, -0.25) is 9.59 Å². The normalized spacial score (nSPS) is 11.4. The second kappa shape index (κ2) is 8.11. The molecule has 0 heterocycles. The number of methoxy groups -OCH3 is 2. The predicted molar refractivity (Wildman–Crippen MR) is 79.4 cm³/mol. The van der Waals surface area contributed by atoms with Gasteiger partial charge < -0.3 is 25.8 Å². The van der Waals surface area contributed by atoms with Crippen LogP contribution in [0.25, 0.3) is 0 Å². The third kappa shape index (κ3) is 5.31. The summed E-state index contributed by atoms with van der Waals surface area (Å²) in [5.74, 6) is 0.198. The van der Waals surface area contributed by atoms with Gasteiger partial charge in [0.2, 0.25) is 11.8 Å². The van der Waals surface area contributed by atoms with Crippen molar-refractivity contribution in [1.82, 2.24) is 5.32 Å². The van der Waals surface area contributed by atoms with Crippen LogP contribution in [0.1, 0.15) is 6.92 Å². The SMILES string of the molecule is COc1cc(NC(=O)CNC(=O)C(C)CN)cc(OC)c1. The summed E-state index contributed by atoms with van der Waals surface area (Å²) < 4.78 is 10.2. The quantitative estimate of drug-likeness (QED) is 0.673. The molecular weight excluding hydrogens is 274 g/mol. The molecule has 1 aromatic carbocycles. The molecule has 116 valence electrons. The summed E-state index contributed by atoms with van der Waals surface area (Å²) in [5.41, 5.74) is 5.90. The maximum absolute atomic E-state index is 11.8. The molecule has 7 nitrogen and oxygen atoms in total. The minimum absolute atomic E-state index is 0.122. The Bertz CT molecular complexity index is 483. The number of ether oxygens (including phenoxy) is 2. The summed E-state index contributed by atoms with van der Waals surface area (Å²) in [4.78, 5) is 23.3. The van der Waals surface area contributed by atoms with Crippen LogP contribution in [0.3, 0.4) is 0 Å². The average Bonchev–Trinajstić information content (AvgIpc) is 2.51. The number of anilines is 1. The summed E-state index contributed by atoms with van der Waals surface area (Å²) in [6.45, 7) is 1.81. The minimum Gasteiger partial charge on any atom is -0.497 e. The fourth-order valence-electron chi connectivity index (χ4n) is 1.53. The molecule has 1 aromatic rings. The van der Waals surface area contributed by atoms with Gasteiger partial charge in [0, 0.05) is 36.3 Å². The number of hydrogen-bond acceptors (Lipinski definition) is 5. The number of nitrogens with two attached hydrogens (primary N) is 1. The Morgan fingerprint density at radius 2 is 1.76 bits per heavy atom. The van der Waals surface area contributed by atoms with Crippen molar-refractivity contribution in [2.75, 3.05) is 32.6 Å². The van der Waals surface area contributed by atoms with Crippen molar-refractivity contribution in [1.29, 1.82) is 0 Å². The highest BCUT2D eigenvalue weighted by molar-refractivity contribution is 5.95. The first-order chi connectivity index (χ1) is 9.99. The predicted octanol–water partition coefficient (Wildman–Crippen LogP) is 0.353. The highest BCUT2D eigenvalue weighted by Crippen LogP contribution is 2.25. The monoisotopic (exact) mass is 295 g/mol. The molecule has 7 heteroatoms. The van der Waals surface area contributed by atoms with Crippen LogP contribution in [-0.2, 0) is 9.59 Å². The molecule has 2 amide bonds. The second-order valence-corrected chi connectivity index (χ2v) is 4.50. The highest BCUT2D eigenvalue weighted by atomic mass is 16.5. The average molecular weight is 295 g/mol. The van der Waals surface area contributed by atoms with E-state index in [4.69, 9.17) is 15.2 Å². The Morgan fingerprint density at radius 3 is 2.24 bits per heavy atom. The molecule has 1 atom stereocenters. The molecule has 0 radical (unpaired) electrons. The van der Waals surface area contributed by atoms with Gasteiger partial charge in [-0.2, -0.15) is 0 Å². The van der Waals surface area contributed by atoms with Crippen molar-refractivity contribution in [3.05, 3.63) is 18.2 Å². The number of hydrogen-bond donors (Lipinski definition) is 3. The lowest BCUT2D eigenvalue weighted by molar-refractivity contribution is -0.126. The van der Waals surface area contributed by atoms with Gasteiger partial charge >= 0.3 is 0 Å². The van der Waals surface area contributed by atoms with Crippen LogP contribution in [0.2, 0.25) is 0 Å². The molecular formula is C14H21N3O4. The molecule has 0 bridgehead atoms. The lowest BCUT2D eigenvalue weighted by atomic mass is 10.2. The zero-order chi connectivity index (χ0) is 15.8. The van der Waals surface area contributed by atoms with E-state index >= 15 is 0 Å². The Morgan fingerprint density at radius 1 is 1.19 bits per heavy atom. The number of carbonyl (C=O) groups excluding carboxylic acids is 2. The van der Waals surface area contributed by atoms with Gasteiger partial charge in [-0.05, 0) is 0 Å². The van der Waals surface area contributed by atoms with Gasteiger partial charge in [-0.25, -0.2) is 0 Å². The summed E-state index contributed by atoms with van der Waals surface area (Å²) >= 11 is 0. The molecule has 0 saturated carbocycles. The number of amides is 2. The van der Waals surface area contributed by atoms with E-state index in [-0.39, 0.29) is 30.8 Å². The first kappa shape index (κ1) is 16.8. The van der Waals surface area contributed by atoms with E-state index in [0.29, 0.717) is 17.2 Å². The second-order valence-electron chi connectivity index (χ2n) is 4.50. The van der Waals surface area contributed by atoms with Crippen molar-refractivity contribution >= 4 is 17.5 Å². The summed E-state index contributed by atoms with van der Waals surface area (Å²) in [6.07, 6.45) is 0. The summed E-state index contributed by atoms with van der Waals surface area (Å²) in [6, 6.07) is 5.01. The molecule has 21 heavy (non-hydrogen) atoms. The number of carbonyl (C=O) groups is 2. The Balaban J connectivity index is 2.60. The van der Waals surface area contributed by atoms with Gasteiger partial charge in [-0.15, -0.1) is 0 Å². The van der Waals surface area contributed by atoms with E-state index in [9.17, 15) is 9.59 Å². The van der Waals surface area contributed by atoms with E-state index < -0.39 is 0 Å². The first-order valence-corrected chi connectivity index (χ1v) is 6.50. The van der Waals surface area contributed by atoms with E-state index in [0.717, 1.165) is 0 Å². The van der Waals surface area contributed by atoms with Gasteiger partial charge in [0.05, 0.1) is 20.8 Å². The number of benzene rings is 1. The van der Waals surface area contributed by atoms with Crippen LogP contribution in [0, 0.1) is 5.92 Å². The van der Waals surface area contributed by atoms with E-state index in [2.05, 4.69) is 10.6 Å². The molecule has 0 spiro atoms. The van der Waals surface area contributed by atoms with E-state index in [1.54, 1.807) is 25.1 Å². The largest absolute Gasteiger partial charge is 0.497 e. The Hall–Kier alpha value is -2.28. The first-order valence-electron chi connectivity index (χ1n) is 6.50. The van der Waals surface area contributed by atoms with Crippen molar-refractivity contribution < 1.29 is 19.1 Å². The fraction of sp³-hybridized carbons (Fsp3) is 0.429. The molecule has 1 unspecified atom stereocenters. The molecule has 4 N–H and O–H groups in total. The maximum Gasteiger partial charge on any atom is 0.243 e. The van der Waals surface area contributed by atoms with Gasteiger partial charge in [0.1, 0.15) is 11.5 Å². The van der Waals surface area contributed by atoms with Crippen molar-refractivity contribution in [2.45, 2.75) is 6.92 Å². The summed E-state index contributed by atoms with van der Waals surface area (Å²) in [5, 5.41) is 5.18. The summed E-state index contributed by atoms with van der Waals surface area (Å²) in [7, 11) is 3.05. The fourth-order valence-corrected chi connectivity index (χ4v) is 1.53. The van der Waals surface area contributed by atoms with Gasteiger partial charge in [0.15, 0.2) is 0 Å². The number of nitrogens with one attached hydrogen (secondary N) is 2. The maximum atomic E-state index is 11.8. The molecule has 0 aliphatic rings. The van der Waals surface area contributed by atoms with Crippen LogP contribution < -0.4 is 25.8 Å². The Labute approximate surface area is 123 Å². The van der Waals surface area contributed by atoms with Gasteiger partial charge in [0.25, 0.3) is 0 Å². The topological polar surface area (TPSA) is 103 Å². The zero-order valence-electron chi connectivity index (χ0n) is 12.4. The lowest BCUT2D eigenvalue weighted by Crippen LogP contribution is -2.38. The zero-order valence-corrected chi connectivity index (χ0v) is 12.4.